The van der Waals surface area contributed by atoms with Crippen molar-refractivity contribution in [3.63, 3.8) is 0 Å². The predicted molar refractivity (Wildman–Crippen MR) is 328 cm³/mol. The molecule has 4 nitrogen and oxygen atoms in total. The summed E-state index contributed by atoms with van der Waals surface area (Å²) in [7, 11) is -1.68. The van der Waals surface area contributed by atoms with Crippen LogP contribution in [0.1, 0.15) is 197 Å². The summed E-state index contributed by atoms with van der Waals surface area (Å²) in [5.41, 5.74) is 15.8. The fourth-order valence-corrected chi connectivity index (χ4v) is 12.8. The molecule has 406 valence electrons. The van der Waals surface area contributed by atoms with Crippen molar-refractivity contribution in [1.29, 1.82) is 0 Å². The van der Waals surface area contributed by atoms with E-state index < -0.39 is 10.0 Å². The van der Waals surface area contributed by atoms with Crippen molar-refractivity contribution in [2.75, 3.05) is 11.9 Å². The minimum absolute atomic E-state index is 0.0784. The van der Waals surface area contributed by atoms with Gasteiger partial charge in [-0.2, -0.15) is 10.0 Å². The molecule has 0 spiro atoms. The zero-order valence-corrected chi connectivity index (χ0v) is 51.7. The van der Waals surface area contributed by atoms with Gasteiger partial charge < -0.3 is 19.7 Å². The molecule has 0 amide bonds. The molecule has 75 heavy (non-hydrogen) atoms. The Bertz CT molecular complexity index is 2760. The van der Waals surface area contributed by atoms with Gasteiger partial charge in [-0.3, -0.25) is 0 Å². The Morgan fingerprint density at radius 1 is 0.347 bits per heavy atom. The maximum Gasteiger partial charge on any atom is 0.131 e. The van der Waals surface area contributed by atoms with Crippen LogP contribution in [0, 0.1) is 13.8 Å². The first-order valence-electron chi connectivity index (χ1n) is 27.5. The fourth-order valence-electron chi connectivity index (χ4n) is 9.84. The molecule has 5 heteroatoms. The highest BCUT2D eigenvalue weighted by Crippen LogP contribution is 2.58. The van der Waals surface area contributed by atoms with Crippen LogP contribution in [-0.4, -0.2) is 32.6 Å². The second-order valence-corrected chi connectivity index (χ2v) is 32.9. The van der Waals surface area contributed by atoms with Crippen LogP contribution < -0.4 is 9.47 Å². The molecule has 0 aromatic heterocycles. The Kier molecular flexibility index (Phi) is 16.6. The zero-order chi connectivity index (χ0) is 56.3. The second-order valence-electron chi connectivity index (χ2n) is 28.6. The molecule has 0 radical (unpaired) electrons. The molecule has 0 aliphatic carbocycles. The first-order chi connectivity index (χ1) is 34.2. The lowest BCUT2D eigenvalue weighted by atomic mass is 9.78. The first kappa shape index (κ1) is 59.1. The molecule has 6 rings (SSSR count). The van der Waals surface area contributed by atoms with Gasteiger partial charge in [-0.05, 0) is 161 Å². The number of ether oxygens (including phenoxy) is 2. The summed E-state index contributed by atoms with van der Waals surface area (Å²) in [5.74, 6) is 2.90. The van der Waals surface area contributed by atoms with Gasteiger partial charge in [0.1, 0.15) is 34.9 Å². The third-order valence-electron chi connectivity index (χ3n) is 15.5. The molecule has 0 aliphatic heterocycles. The van der Waals surface area contributed by atoms with Crippen molar-refractivity contribution in [2.45, 2.75) is 209 Å². The molecular weight excluding hydrogens is 937 g/mol. The number of phenols is 2. The largest absolute Gasteiger partial charge is 0.507 e. The van der Waals surface area contributed by atoms with Gasteiger partial charge in [-0.15, -0.1) is 0 Å². The highest BCUT2D eigenvalue weighted by atomic mass is 32.3. The quantitative estimate of drug-likeness (QED) is 0.128. The summed E-state index contributed by atoms with van der Waals surface area (Å²) in [5, 5.41) is 25.8. The summed E-state index contributed by atoms with van der Waals surface area (Å²) in [6.45, 7) is 53.9. The van der Waals surface area contributed by atoms with Crippen molar-refractivity contribution in [1.82, 2.24) is 0 Å². The average molecular weight is 1030 g/mol. The number of rotatable bonds is 12. The first-order valence-corrected chi connectivity index (χ1v) is 29.6. The number of aromatic hydroxyl groups is 2. The summed E-state index contributed by atoms with van der Waals surface area (Å²) in [6.07, 6.45) is 0. The van der Waals surface area contributed by atoms with Crippen molar-refractivity contribution in [2.24, 2.45) is 0 Å². The molecule has 0 heterocycles. The van der Waals surface area contributed by atoms with Crippen molar-refractivity contribution >= 4 is 10.0 Å². The van der Waals surface area contributed by atoms with Crippen LogP contribution in [-0.2, 0) is 32.5 Å². The topological polar surface area (TPSA) is 58.9 Å². The number of hydrogen-bond acceptors (Lipinski definition) is 4. The summed E-state index contributed by atoms with van der Waals surface area (Å²) in [6, 6.07) is 35.2. The van der Waals surface area contributed by atoms with Crippen LogP contribution in [0.2, 0.25) is 0 Å². The molecule has 0 saturated carbocycles. The van der Waals surface area contributed by atoms with Gasteiger partial charge in [-0.25, -0.2) is 0 Å². The Morgan fingerprint density at radius 2 is 0.613 bits per heavy atom. The summed E-state index contributed by atoms with van der Waals surface area (Å²) in [4.78, 5) is 0. The van der Waals surface area contributed by atoms with Gasteiger partial charge in [0.15, 0.2) is 0 Å². The summed E-state index contributed by atoms with van der Waals surface area (Å²) < 4.78 is 14.5. The molecule has 0 aliphatic rings. The van der Waals surface area contributed by atoms with E-state index in [4.69, 9.17) is 9.47 Å². The molecule has 2 N–H and O–H groups in total. The van der Waals surface area contributed by atoms with Crippen LogP contribution in [0.4, 0.5) is 0 Å². The van der Waals surface area contributed by atoms with Gasteiger partial charge in [0.2, 0.25) is 0 Å². The molecule has 0 unspecified atom stereocenters. The van der Waals surface area contributed by atoms with E-state index in [1.807, 2.05) is 0 Å². The highest BCUT2D eigenvalue weighted by Gasteiger charge is 2.35. The molecular formula is C70H96O4S. The Hall–Kier alpha value is -5.13. The Labute approximate surface area is 457 Å². The molecule has 0 fully saturated rings. The predicted octanol–water partition coefficient (Wildman–Crippen LogP) is 20.2. The highest BCUT2D eigenvalue weighted by molar-refractivity contribution is 8.34. The molecule has 0 atom stereocenters. The summed E-state index contributed by atoms with van der Waals surface area (Å²) >= 11 is 0. The smallest absolute Gasteiger partial charge is 0.131 e. The van der Waals surface area contributed by atoms with Gasteiger partial charge >= 0.3 is 0 Å². The van der Waals surface area contributed by atoms with Crippen molar-refractivity contribution in [3.05, 3.63) is 142 Å². The molecule has 6 aromatic carbocycles. The normalized spacial score (nSPS) is 13.5. The van der Waals surface area contributed by atoms with Crippen LogP contribution in [0.5, 0.6) is 23.0 Å². The maximum atomic E-state index is 12.6. The van der Waals surface area contributed by atoms with Crippen LogP contribution in [0.15, 0.2) is 97.1 Å². The SMILES string of the molecule is Cc1cc(-c2cc(C(C)(C)C)cc(C(C)(C)C)c2)c(O)c(-c2cc(C(C)(C)C)ccc2OCS(COc2ccc(C(C)(C)C)cc2-c2cc(C)cc(-c3cc(C(C)(C)C)cc(C(C)(C)C)c3)c2O)(C(C)C)C(C)C)c1. The molecule has 6 aromatic rings. The lowest BCUT2D eigenvalue weighted by Crippen LogP contribution is -2.31. The number of phenolic OH excluding ortho intramolecular Hbond substituents is 2. The van der Waals surface area contributed by atoms with E-state index in [9.17, 15) is 10.2 Å². The lowest BCUT2D eigenvalue weighted by molar-refractivity contribution is 0.362. The monoisotopic (exact) mass is 1030 g/mol. The number of aryl methyl sites for hydroxylation is 2. The van der Waals surface area contributed by atoms with Gasteiger partial charge in [0.25, 0.3) is 0 Å². The van der Waals surface area contributed by atoms with Crippen molar-refractivity contribution in [3.8, 4) is 67.5 Å². The van der Waals surface area contributed by atoms with E-state index in [0.717, 1.165) is 78.3 Å². The lowest BCUT2D eigenvalue weighted by Gasteiger charge is -2.46. The molecule has 0 saturated heterocycles. The fraction of sp³-hybridized carbons (Fsp3) is 0.486. The van der Waals surface area contributed by atoms with E-state index in [1.165, 1.54) is 22.3 Å². The third kappa shape index (κ3) is 13.2. The van der Waals surface area contributed by atoms with E-state index in [2.05, 4.69) is 263 Å². The molecule has 0 bridgehead atoms. The Morgan fingerprint density at radius 3 is 0.867 bits per heavy atom. The van der Waals surface area contributed by atoms with E-state index >= 15 is 0 Å². The number of hydrogen-bond donors (Lipinski definition) is 2. The second kappa shape index (κ2) is 21.0. The van der Waals surface area contributed by atoms with E-state index in [1.54, 1.807) is 0 Å². The van der Waals surface area contributed by atoms with Crippen LogP contribution in [0.3, 0.4) is 0 Å². The van der Waals surface area contributed by atoms with E-state index in [-0.39, 0.29) is 54.5 Å². The van der Waals surface area contributed by atoms with Crippen LogP contribution in [0.25, 0.3) is 44.5 Å². The standard InChI is InChI=1S/C70H96O4S/c1-43(2)75(44(3)4,41-73-61-27-25-49(65(7,8)9)39-57(61)59-31-45(5)29-55(63(59)71)47-33-51(67(13,14)15)37-52(34-47)68(16,17)18)42-74-62-28-26-50(66(10,11)12)40-58(62)60-32-46(6)30-56(64(60)72)48-35-53(69(19,20)21)38-54(36-48)70(22,23)24/h25-40,43-44,71-72H,41-42H2,1-24H3. The van der Waals surface area contributed by atoms with E-state index in [0.29, 0.717) is 11.9 Å². The minimum atomic E-state index is -1.68. The average Bonchev–Trinajstić information content (AvgIpc) is 3.28. The van der Waals surface area contributed by atoms with Gasteiger partial charge in [0, 0.05) is 33.4 Å². The zero-order valence-electron chi connectivity index (χ0n) is 50.9. The van der Waals surface area contributed by atoms with Crippen molar-refractivity contribution < 1.29 is 19.7 Å². The third-order valence-corrected chi connectivity index (χ3v) is 20.3. The van der Waals surface area contributed by atoms with Crippen LogP contribution >= 0.6 is 10.0 Å². The number of benzene rings is 6. The minimum Gasteiger partial charge on any atom is -0.507 e. The maximum absolute atomic E-state index is 12.6. The van der Waals surface area contributed by atoms with Gasteiger partial charge in [0.05, 0.1) is 0 Å². The van der Waals surface area contributed by atoms with Gasteiger partial charge in [-0.1, -0.05) is 201 Å². The Balaban J connectivity index is 1.47.